The van der Waals surface area contributed by atoms with Crippen LogP contribution in [0, 0.1) is 0 Å². The molecule has 128 valence electrons. The average molecular weight is 350 g/mol. The van der Waals surface area contributed by atoms with Crippen molar-refractivity contribution < 1.29 is 14.2 Å². The molecular formula is C17H20ClN3O3. The third-order valence-electron chi connectivity index (χ3n) is 4.24. The maximum absolute atomic E-state index is 6.33. The Kier molecular flexibility index (Phi) is 4.60. The molecule has 2 aromatic rings. The predicted octanol–water partition coefficient (Wildman–Crippen LogP) is 2.21. The zero-order valence-corrected chi connectivity index (χ0v) is 14.1. The van der Waals surface area contributed by atoms with Crippen molar-refractivity contribution in [3.8, 4) is 11.5 Å². The second kappa shape index (κ2) is 7.01. The SMILES string of the molecule is Clc1cc(CN2CCO[C@@H](Cn3cccn3)C2)cc2c1OCCO2. The lowest BCUT2D eigenvalue weighted by atomic mass is 10.1. The van der Waals surface area contributed by atoms with E-state index >= 15 is 0 Å². The van der Waals surface area contributed by atoms with Crippen LogP contribution in [0.3, 0.4) is 0 Å². The average Bonchev–Trinajstić information content (AvgIpc) is 3.08. The lowest BCUT2D eigenvalue weighted by Crippen LogP contribution is -2.43. The third-order valence-corrected chi connectivity index (χ3v) is 4.52. The Bertz CT molecular complexity index is 693. The Labute approximate surface area is 145 Å². The van der Waals surface area contributed by atoms with Gasteiger partial charge in [-0.1, -0.05) is 11.6 Å². The van der Waals surface area contributed by atoms with Gasteiger partial charge in [0.1, 0.15) is 13.2 Å². The Morgan fingerprint density at radius 1 is 1.21 bits per heavy atom. The van der Waals surface area contributed by atoms with Gasteiger partial charge in [0, 0.05) is 32.0 Å². The fourth-order valence-electron chi connectivity index (χ4n) is 3.17. The molecule has 0 bridgehead atoms. The van der Waals surface area contributed by atoms with Crippen molar-refractivity contribution in [2.75, 3.05) is 32.9 Å². The number of hydrogen-bond donors (Lipinski definition) is 0. The zero-order chi connectivity index (χ0) is 16.4. The van der Waals surface area contributed by atoms with Crippen molar-refractivity contribution in [2.45, 2.75) is 19.2 Å². The number of morpholine rings is 1. The smallest absolute Gasteiger partial charge is 0.179 e. The summed E-state index contributed by atoms with van der Waals surface area (Å²) in [7, 11) is 0. The fourth-order valence-corrected chi connectivity index (χ4v) is 3.45. The topological polar surface area (TPSA) is 48.8 Å². The Balaban J connectivity index is 1.42. The quantitative estimate of drug-likeness (QED) is 0.847. The van der Waals surface area contributed by atoms with Crippen molar-refractivity contribution in [3.63, 3.8) is 0 Å². The number of aromatic nitrogens is 2. The molecule has 7 heteroatoms. The van der Waals surface area contributed by atoms with E-state index in [4.69, 9.17) is 25.8 Å². The summed E-state index contributed by atoms with van der Waals surface area (Å²) in [5.41, 5.74) is 1.13. The molecule has 2 aliphatic heterocycles. The summed E-state index contributed by atoms with van der Waals surface area (Å²) in [6.07, 6.45) is 3.90. The monoisotopic (exact) mass is 349 g/mol. The van der Waals surface area contributed by atoms with Crippen LogP contribution in [0.15, 0.2) is 30.6 Å². The lowest BCUT2D eigenvalue weighted by molar-refractivity contribution is -0.0402. The van der Waals surface area contributed by atoms with Crippen molar-refractivity contribution in [1.29, 1.82) is 0 Å². The Hall–Kier alpha value is -1.76. The number of nitrogens with zero attached hydrogens (tertiary/aromatic N) is 3. The number of hydrogen-bond acceptors (Lipinski definition) is 5. The maximum Gasteiger partial charge on any atom is 0.179 e. The van der Waals surface area contributed by atoms with Gasteiger partial charge in [0.15, 0.2) is 11.5 Å². The molecule has 3 heterocycles. The summed E-state index contributed by atoms with van der Waals surface area (Å²) in [5, 5.41) is 4.86. The first-order valence-corrected chi connectivity index (χ1v) is 8.55. The molecule has 6 nitrogen and oxygen atoms in total. The highest BCUT2D eigenvalue weighted by Crippen LogP contribution is 2.38. The summed E-state index contributed by atoms with van der Waals surface area (Å²) in [5.74, 6) is 1.40. The second-order valence-electron chi connectivity index (χ2n) is 6.06. The van der Waals surface area contributed by atoms with E-state index in [0.717, 1.165) is 44.1 Å². The number of benzene rings is 1. The normalized spacial score (nSPS) is 21.0. The fraction of sp³-hybridized carbons (Fsp3) is 0.471. The second-order valence-corrected chi connectivity index (χ2v) is 6.47. The molecule has 24 heavy (non-hydrogen) atoms. The largest absolute Gasteiger partial charge is 0.486 e. The minimum atomic E-state index is 0.145. The number of rotatable bonds is 4. The molecule has 0 unspecified atom stereocenters. The van der Waals surface area contributed by atoms with Gasteiger partial charge in [-0.25, -0.2) is 0 Å². The van der Waals surface area contributed by atoms with Crippen LogP contribution >= 0.6 is 11.6 Å². The molecule has 1 saturated heterocycles. The van der Waals surface area contributed by atoms with Gasteiger partial charge >= 0.3 is 0 Å². The number of fused-ring (bicyclic) bond motifs is 1. The van der Waals surface area contributed by atoms with E-state index < -0.39 is 0 Å². The van der Waals surface area contributed by atoms with Crippen molar-refractivity contribution >= 4 is 11.6 Å². The molecule has 1 atom stereocenters. The van der Waals surface area contributed by atoms with Gasteiger partial charge in [0.05, 0.1) is 24.3 Å². The van der Waals surface area contributed by atoms with Gasteiger partial charge in [-0.15, -0.1) is 0 Å². The van der Waals surface area contributed by atoms with E-state index in [0.29, 0.717) is 24.0 Å². The minimum Gasteiger partial charge on any atom is -0.486 e. The highest BCUT2D eigenvalue weighted by atomic mass is 35.5. The Morgan fingerprint density at radius 3 is 3.00 bits per heavy atom. The molecule has 0 saturated carbocycles. The van der Waals surface area contributed by atoms with Gasteiger partial charge in [0.2, 0.25) is 0 Å². The van der Waals surface area contributed by atoms with Crippen LogP contribution in [-0.4, -0.2) is 53.7 Å². The third kappa shape index (κ3) is 3.50. The lowest BCUT2D eigenvalue weighted by Gasteiger charge is -2.33. The number of halogens is 1. The van der Waals surface area contributed by atoms with E-state index in [1.807, 2.05) is 29.1 Å². The molecule has 2 aliphatic rings. The molecule has 0 amide bonds. The van der Waals surface area contributed by atoms with Crippen LogP contribution in [0.25, 0.3) is 0 Å². The minimum absolute atomic E-state index is 0.145. The molecule has 1 fully saturated rings. The van der Waals surface area contributed by atoms with Gasteiger partial charge in [-0.05, 0) is 23.8 Å². The molecule has 0 N–H and O–H groups in total. The van der Waals surface area contributed by atoms with E-state index in [2.05, 4.69) is 10.00 Å². The first-order chi connectivity index (χ1) is 11.8. The van der Waals surface area contributed by atoms with Crippen LogP contribution in [0.1, 0.15) is 5.56 Å². The standard InChI is InChI=1S/C17H20ClN3O3/c18-15-8-13(9-16-17(15)24-7-6-23-16)10-20-4-5-22-14(11-20)12-21-3-1-2-19-21/h1-3,8-9,14H,4-7,10-12H2/t14-/m1/s1. The van der Waals surface area contributed by atoms with Crippen LogP contribution in [0.5, 0.6) is 11.5 Å². The molecule has 0 radical (unpaired) electrons. The summed E-state index contributed by atoms with van der Waals surface area (Å²) in [6, 6.07) is 5.92. The van der Waals surface area contributed by atoms with E-state index in [1.54, 1.807) is 6.20 Å². The van der Waals surface area contributed by atoms with Crippen molar-refractivity contribution in [3.05, 3.63) is 41.2 Å². The highest BCUT2D eigenvalue weighted by Gasteiger charge is 2.23. The first-order valence-electron chi connectivity index (χ1n) is 8.17. The molecule has 1 aromatic heterocycles. The summed E-state index contributed by atoms with van der Waals surface area (Å²) in [6.45, 7) is 5.19. The van der Waals surface area contributed by atoms with Crippen LogP contribution in [0.4, 0.5) is 0 Å². The van der Waals surface area contributed by atoms with Crippen LogP contribution in [-0.2, 0) is 17.8 Å². The van der Waals surface area contributed by atoms with Gasteiger partial charge in [-0.2, -0.15) is 5.10 Å². The first kappa shape index (κ1) is 15.7. The summed E-state index contributed by atoms with van der Waals surface area (Å²) >= 11 is 6.33. The van der Waals surface area contributed by atoms with Gasteiger partial charge < -0.3 is 14.2 Å². The molecule has 0 spiro atoms. The van der Waals surface area contributed by atoms with E-state index in [1.165, 1.54) is 0 Å². The van der Waals surface area contributed by atoms with Crippen molar-refractivity contribution in [2.24, 2.45) is 0 Å². The Morgan fingerprint density at radius 2 is 2.12 bits per heavy atom. The van der Waals surface area contributed by atoms with Gasteiger partial charge in [-0.3, -0.25) is 9.58 Å². The van der Waals surface area contributed by atoms with Crippen LogP contribution < -0.4 is 9.47 Å². The van der Waals surface area contributed by atoms with E-state index in [9.17, 15) is 0 Å². The van der Waals surface area contributed by atoms with Crippen molar-refractivity contribution in [1.82, 2.24) is 14.7 Å². The molecule has 1 aromatic carbocycles. The van der Waals surface area contributed by atoms with E-state index in [-0.39, 0.29) is 6.10 Å². The summed E-state index contributed by atoms with van der Waals surface area (Å²) in [4.78, 5) is 2.37. The highest BCUT2D eigenvalue weighted by molar-refractivity contribution is 6.32. The molecule has 0 aliphatic carbocycles. The predicted molar refractivity (Wildman–Crippen MR) is 89.7 cm³/mol. The maximum atomic E-state index is 6.33. The summed E-state index contributed by atoms with van der Waals surface area (Å²) < 4.78 is 19.0. The van der Waals surface area contributed by atoms with Gasteiger partial charge in [0.25, 0.3) is 0 Å². The molecule has 4 rings (SSSR count). The zero-order valence-electron chi connectivity index (χ0n) is 13.4. The number of ether oxygens (including phenoxy) is 3. The molecular weight excluding hydrogens is 330 g/mol. The van der Waals surface area contributed by atoms with Crippen LogP contribution in [0.2, 0.25) is 5.02 Å².